The van der Waals surface area contributed by atoms with Gasteiger partial charge < -0.3 is 21.5 Å². The Hall–Kier alpha value is -5.24. The number of benzene rings is 4. The first-order valence-corrected chi connectivity index (χ1v) is 12.7. The molecule has 8 heteroatoms. The van der Waals surface area contributed by atoms with Crippen LogP contribution in [-0.4, -0.2) is 29.2 Å². The van der Waals surface area contributed by atoms with Crippen molar-refractivity contribution in [3.8, 4) is 11.1 Å². The number of hydrogen-bond acceptors (Lipinski definition) is 4. The van der Waals surface area contributed by atoms with Crippen LogP contribution in [0.5, 0.6) is 0 Å². The molecular formula is C32H32N4O4. The molecule has 1 atom stereocenters. The van der Waals surface area contributed by atoms with E-state index >= 15 is 0 Å². The summed E-state index contributed by atoms with van der Waals surface area (Å²) in [5, 5.41) is 20.2. The van der Waals surface area contributed by atoms with Gasteiger partial charge in [0.05, 0.1) is 0 Å². The average molecular weight is 537 g/mol. The number of amidine groups is 1. The van der Waals surface area contributed by atoms with Crippen molar-refractivity contribution in [1.29, 1.82) is 5.41 Å². The maximum absolute atomic E-state index is 13.3. The van der Waals surface area contributed by atoms with E-state index in [0.717, 1.165) is 22.3 Å². The highest BCUT2D eigenvalue weighted by molar-refractivity contribution is 6.06. The molecule has 0 fully saturated rings. The molecule has 40 heavy (non-hydrogen) atoms. The van der Waals surface area contributed by atoms with Gasteiger partial charge in [0.25, 0.3) is 6.47 Å². The zero-order chi connectivity index (χ0) is 28.7. The lowest BCUT2D eigenvalue weighted by Crippen LogP contribution is -2.38. The average Bonchev–Trinajstić information content (AvgIpc) is 2.98. The van der Waals surface area contributed by atoms with Crippen molar-refractivity contribution in [2.24, 2.45) is 11.7 Å². The van der Waals surface area contributed by atoms with Gasteiger partial charge in [0.2, 0.25) is 11.8 Å². The molecule has 4 rings (SSSR count). The summed E-state index contributed by atoms with van der Waals surface area (Å²) in [6.07, 6.45) is 0.969. The Morgan fingerprint density at radius 1 is 0.800 bits per heavy atom. The van der Waals surface area contributed by atoms with Crippen molar-refractivity contribution >= 4 is 29.8 Å². The van der Waals surface area contributed by atoms with Crippen molar-refractivity contribution in [2.45, 2.75) is 19.4 Å². The molecule has 0 saturated heterocycles. The molecule has 0 saturated carbocycles. The van der Waals surface area contributed by atoms with Crippen LogP contribution < -0.4 is 16.4 Å². The largest absolute Gasteiger partial charge is 0.483 e. The SMILES string of the molecule is N=C(N)c1ccc(NC(=O)C(CCc2ccccc2)C(=O)NCc2cccc(-c3ccccc3)c2)cc1.O=CO. The van der Waals surface area contributed by atoms with Gasteiger partial charge in [-0.15, -0.1) is 0 Å². The first kappa shape index (κ1) is 29.3. The van der Waals surface area contributed by atoms with Gasteiger partial charge in [0, 0.05) is 17.8 Å². The second-order valence-electron chi connectivity index (χ2n) is 8.95. The fraction of sp³-hybridized carbons (Fsp3) is 0.125. The van der Waals surface area contributed by atoms with Crippen LogP contribution in [0.15, 0.2) is 109 Å². The van der Waals surface area contributed by atoms with Crippen molar-refractivity contribution in [2.75, 3.05) is 5.32 Å². The van der Waals surface area contributed by atoms with Crippen LogP contribution in [0.25, 0.3) is 11.1 Å². The van der Waals surface area contributed by atoms with Gasteiger partial charge in [-0.05, 0) is 65.4 Å². The fourth-order valence-electron chi connectivity index (χ4n) is 4.10. The summed E-state index contributed by atoms with van der Waals surface area (Å²) >= 11 is 0. The van der Waals surface area contributed by atoms with Crippen molar-refractivity contribution < 1.29 is 19.5 Å². The number of amides is 2. The minimum atomic E-state index is -0.870. The Morgan fingerprint density at radius 2 is 1.38 bits per heavy atom. The second-order valence-corrected chi connectivity index (χ2v) is 8.95. The highest BCUT2D eigenvalue weighted by atomic mass is 16.3. The molecule has 4 aromatic carbocycles. The van der Waals surface area contributed by atoms with Crippen molar-refractivity contribution in [1.82, 2.24) is 5.32 Å². The summed E-state index contributed by atoms with van der Waals surface area (Å²) in [5.74, 6) is -1.61. The number of carbonyl (C=O) groups excluding carboxylic acids is 2. The molecule has 4 aromatic rings. The topological polar surface area (TPSA) is 145 Å². The standard InChI is InChI=1S/C31H30N4O2.CH2O2/c32-29(33)25-15-17-27(18-16-25)35-31(37)28(19-14-22-8-3-1-4-9-22)30(36)34-21-23-10-7-13-26(20-23)24-11-5-2-6-12-24;2-1-3/h1-13,15-18,20,28H,14,19,21H2,(H3,32,33)(H,34,36)(H,35,37);1H,(H,2,3). The predicted octanol–water partition coefficient (Wildman–Crippen LogP) is 4.84. The zero-order valence-corrected chi connectivity index (χ0v) is 21.9. The molecule has 0 bridgehead atoms. The van der Waals surface area contributed by atoms with E-state index in [1.807, 2.05) is 84.9 Å². The lowest BCUT2D eigenvalue weighted by atomic mass is 9.97. The van der Waals surface area contributed by atoms with Gasteiger partial charge in [-0.2, -0.15) is 0 Å². The third-order valence-corrected chi connectivity index (χ3v) is 6.16. The lowest BCUT2D eigenvalue weighted by molar-refractivity contribution is -0.133. The maximum Gasteiger partial charge on any atom is 0.290 e. The molecule has 0 spiro atoms. The minimum Gasteiger partial charge on any atom is -0.483 e. The molecule has 0 aliphatic carbocycles. The molecule has 6 N–H and O–H groups in total. The van der Waals surface area contributed by atoms with E-state index in [2.05, 4.69) is 10.6 Å². The molecule has 1 unspecified atom stereocenters. The summed E-state index contributed by atoms with van der Waals surface area (Å²) < 4.78 is 0. The Kier molecular flexibility index (Phi) is 11.2. The molecule has 204 valence electrons. The van der Waals surface area contributed by atoms with Gasteiger partial charge in [-0.25, -0.2) is 0 Å². The number of hydrogen-bond donors (Lipinski definition) is 5. The number of nitrogens with one attached hydrogen (secondary N) is 3. The summed E-state index contributed by atoms with van der Waals surface area (Å²) in [4.78, 5) is 34.8. The van der Waals surface area contributed by atoms with Crippen LogP contribution in [0.1, 0.15) is 23.1 Å². The minimum absolute atomic E-state index is 0.0469. The number of carbonyl (C=O) groups is 3. The maximum atomic E-state index is 13.3. The first-order valence-electron chi connectivity index (χ1n) is 12.7. The summed E-state index contributed by atoms with van der Waals surface area (Å²) in [6, 6.07) is 34.6. The monoisotopic (exact) mass is 536 g/mol. The van der Waals surface area contributed by atoms with Gasteiger partial charge in [-0.1, -0.05) is 78.9 Å². The third-order valence-electron chi connectivity index (χ3n) is 6.16. The first-order chi connectivity index (χ1) is 19.4. The smallest absolute Gasteiger partial charge is 0.290 e. The van der Waals surface area contributed by atoms with Crippen molar-refractivity contribution in [3.63, 3.8) is 0 Å². The van der Waals surface area contributed by atoms with Crippen LogP contribution in [-0.2, 0) is 27.3 Å². The van der Waals surface area contributed by atoms with E-state index < -0.39 is 5.92 Å². The molecule has 0 heterocycles. The number of nitrogens with two attached hydrogens (primary N) is 1. The van der Waals surface area contributed by atoms with E-state index in [4.69, 9.17) is 21.0 Å². The van der Waals surface area contributed by atoms with E-state index in [1.165, 1.54) is 0 Å². The van der Waals surface area contributed by atoms with Gasteiger partial charge >= 0.3 is 0 Å². The molecule has 0 aromatic heterocycles. The van der Waals surface area contributed by atoms with Gasteiger partial charge in [-0.3, -0.25) is 19.8 Å². The molecular weight excluding hydrogens is 504 g/mol. The number of nitrogen functional groups attached to an aromatic ring is 1. The molecule has 8 nitrogen and oxygen atoms in total. The van der Waals surface area contributed by atoms with Crippen molar-refractivity contribution in [3.05, 3.63) is 126 Å². The van der Waals surface area contributed by atoms with Crippen LogP contribution >= 0.6 is 0 Å². The van der Waals surface area contributed by atoms with E-state index in [-0.39, 0.29) is 24.1 Å². The Balaban J connectivity index is 0.00000141. The Labute approximate surface area is 233 Å². The van der Waals surface area contributed by atoms with Crippen LogP contribution in [0.2, 0.25) is 0 Å². The second kappa shape index (κ2) is 15.2. The van der Waals surface area contributed by atoms with E-state index in [9.17, 15) is 9.59 Å². The number of rotatable bonds is 10. The quantitative estimate of drug-likeness (QED) is 0.0852. The number of aryl methyl sites for hydroxylation is 1. The van der Waals surface area contributed by atoms with E-state index in [1.54, 1.807) is 24.3 Å². The summed E-state index contributed by atoms with van der Waals surface area (Å²) in [7, 11) is 0. The summed E-state index contributed by atoms with van der Waals surface area (Å²) in [6.45, 7) is 0.0714. The number of anilines is 1. The Bertz CT molecular complexity index is 1410. The number of carboxylic acid groups (broad SMARTS) is 1. The molecule has 0 aliphatic rings. The lowest BCUT2D eigenvalue weighted by Gasteiger charge is -2.17. The third kappa shape index (κ3) is 8.95. The highest BCUT2D eigenvalue weighted by Gasteiger charge is 2.26. The van der Waals surface area contributed by atoms with Crippen LogP contribution in [0, 0.1) is 11.3 Å². The highest BCUT2D eigenvalue weighted by Crippen LogP contribution is 2.20. The normalized spacial score (nSPS) is 10.8. The predicted molar refractivity (Wildman–Crippen MR) is 157 cm³/mol. The van der Waals surface area contributed by atoms with Gasteiger partial charge in [0.1, 0.15) is 11.8 Å². The van der Waals surface area contributed by atoms with Gasteiger partial charge in [0.15, 0.2) is 0 Å². The van der Waals surface area contributed by atoms with Crippen LogP contribution in [0.4, 0.5) is 5.69 Å². The molecule has 0 aliphatic heterocycles. The fourth-order valence-corrected chi connectivity index (χ4v) is 4.10. The molecule has 0 radical (unpaired) electrons. The summed E-state index contributed by atoms with van der Waals surface area (Å²) in [5.41, 5.74) is 10.8. The zero-order valence-electron chi connectivity index (χ0n) is 21.9. The van der Waals surface area contributed by atoms with E-state index in [0.29, 0.717) is 30.6 Å². The van der Waals surface area contributed by atoms with Crippen LogP contribution in [0.3, 0.4) is 0 Å². The molecule has 2 amide bonds. The Morgan fingerprint density at radius 3 is 2.00 bits per heavy atom.